The van der Waals surface area contributed by atoms with Crippen LogP contribution in [0.15, 0.2) is 6.20 Å². The Morgan fingerprint density at radius 3 is 2.20 bits per heavy atom. The Kier molecular flexibility index (Phi) is 3.14. The van der Waals surface area contributed by atoms with Gasteiger partial charge < -0.3 is 18.8 Å². The summed E-state index contributed by atoms with van der Waals surface area (Å²) in [4.78, 5) is 7.07. The third-order valence-corrected chi connectivity index (χ3v) is 4.75. The van der Waals surface area contributed by atoms with E-state index in [1.807, 2.05) is 13.2 Å². The Bertz CT molecular complexity index is 491. The van der Waals surface area contributed by atoms with E-state index in [9.17, 15) is 0 Å². The molecule has 6 heteroatoms. The van der Waals surface area contributed by atoms with Crippen LogP contribution in [-0.2, 0) is 16.4 Å². The minimum absolute atomic E-state index is 0.316. The molecule has 0 bridgehead atoms. The largest absolute Gasteiger partial charge is 0.516 e. The second-order valence-corrected chi connectivity index (χ2v) is 6.86. The van der Waals surface area contributed by atoms with E-state index in [1.165, 1.54) is 12.8 Å². The molecule has 0 amide bonds. The molecule has 0 aromatic carbocycles. The highest BCUT2D eigenvalue weighted by Gasteiger charge is 2.52. The molecule has 2 saturated heterocycles. The Morgan fingerprint density at radius 2 is 1.65 bits per heavy atom. The van der Waals surface area contributed by atoms with Crippen molar-refractivity contribution in [1.29, 1.82) is 0 Å². The predicted octanol–water partition coefficient (Wildman–Crippen LogP) is 1.32. The number of nitrogens with zero attached hydrogens (tertiary/aromatic N) is 3. The Labute approximate surface area is 121 Å². The van der Waals surface area contributed by atoms with Crippen molar-refractivity contribution in [2.24, 2.45) is 7.05 Å². The van der Waals surface area contributed by atoms with Crippen LogP contribution in [-0.4, -0.2) is 41.0 Å². The van der Waals surface area contributed by atoms with E-state index in [0.717, 1.165) is 24.6 Å². The van der Waals surface area contributed by atoms with Gasteiger partial charge in [0.25, 0.3) is 0 Å². The van der Waals surface area contributed by atoms with Gasteiger partial charge in [-0.1, -0.05) is 0 Å². The molecule has 110 valence electrons. The fraction of sp³-hybridized carbons (Fsp3) is 0.786. The zero-order chi connectivity index (χ0) is 14.5. The smallest absolute Gasteiger partial charge is 0.398 e. The molecule has 3 rings (SSSR count). The molecule has 0 atom stereocenters. The first-order valence-corrected chi connectivity index (χ1v) is 7.44. The third-order valence-electron chi connectivity index (χ3n) is 4.75. The highest BCUT2D eigenvalue weighted by Crippen LogP contribution is 2.36. The average molecular weight is 277 g/mol. The van der Waals surface area contributed by atoms with Crippen molar-refractivity contribution >= 4 is 18.7 Å². The molecular weight excluding hydrogens is 253 g/mol. The molecule has 0 aliphatic carbocycles. The molecule has 0 radical (unpaired) electrons. The quantitative estimate of drug-likeness (QED) is 0.764. The second kappa shape index (κ2) is 4.50. The van der Waals surface area contributed by atoms with Crippen LogP contribution in [0.25, 0.3) is 0 Å². The highest BCUT2D eigenvalue weighted by molar-refractivity contribution is 6.61. The monoisotopic (exact) mass is 277 g/mol. The van der Waals surface area contributed by atoms with Crippen LogP contribution >= 0.6 is 0 Å². The van der Waals surface area contributed by atoms with Crippen LogP contribution in [0.2, 0.25) is 0 Å². The molecule has 0 unspecified atom stereocenters. The predicted molar refractivity (Wildman–Crippen MR) is 80.4 cm³/mol. The maximum absolute atomic E-state index is 6.06. The number of hydrogen-bond acceptors (Lipinski definition) is 4. The minimum atomic E-state index is -0.373. The summed E-state index contributed by atoms with van der Waals surface area (Å²) in [6, 6.07) is 0. The van der Waals surface area contributed by atoms with Crippen LogP contribution < -0.4 is 10.5 Å². The molecular formula is C14H24BN3O2. The zero-order valence-electron chi connectivity index (χ0n) is 13.1. The number of rotatable bonds is 2. The molecule has 3 heterocycles. The van der Waals surface area contributed by atoms with Gasteiger partial charge in [-0.25, -0.2) is 4.98 Å². The van der Waals surface area contributed by atoms with Crippen LogP contribution in [0.3, 0.4) is 0 Å². The number of aromatic nitrogens is 2. The molecule has 2 aliphatic heterocycles. The standard InChI is InChI=1S/C14H24BN3O2/c1-13(2)14(3,4)20-15(19-13)11-10-17(5)12(16-11)18-8-6-7-9-18/h10H,6-9H2,1-5H3. The van der Waals surface area contributed by atoms with Crippen molar-refractivity contribution < 1.29 is 9.31 Å². The number of imidazole rings is 1. The van der Waals surface area contributed by atoms with Crippen molar-refractivity contribution in [3.05, 3.63) is 6.20 Å². The van der Waals surface area contributed by atoms with E-state index in [0.29, 0.717) is 0 Å². The fourth-order valence-electron chi connectivity index (χ4n) is 2.77. The SMILES string of the molecule is Cn1cc(B2OC(C)(C)C(C)(C)O2)nc1N1CCCC1. The lowest BCUT2D eigenvalue weighted by atomic mass is 9.86. The number of aryl methyl sites for hydroxylation is 1. The van der Waals surface area contributed by atoms with Gasteiger partial charge in [-0.05, 0) is 40.5 Å². The molecule has 5 nitrogen and oxygen atoms in total. The lowest BCUT2D eigenvalue weighted by Crippen LogP contribution is -2.41. The molecule has 0 N–H and O–H groups in total. The molecule has 1 aromatic heterocycles. The molecule has 2 aliphatic rings. The average Bonchev–Trinajstić information content (AvgIpc) is 2.98. The van der Waals surface area contributed by atoms with Gasteiger partial charge in [0.15, 0.2) is 0 Å². The van der Waals surface area contributed by atoms with E-state index >= 15 is 0 Å². The summed E-state index contributed by atoms with van der Waals surface area (Å²) in [5.41, 5.74) is 0.236. The van der Waals surface area contributed by atoms with Gasteiger partial charge in [0.2, 0.25) is 5.95 Å². The minimum Gasteiger partial charge on any atom is -0.398 e. The third kappa shape index (κ3) is 2.15. The van der Waals surface area contributed by atoms with Crippen molar-refractivity contribution in [2.45, 2.75) is 51.7 Å². The summed E-state index contributed by atoms with van der Waals surface area (Å²) < 4.78 is 14.2. The van der Waals surface area contributed by atoms with E-state index in [4.69, 9.17) is 14.3 Å². The summed E-state index contributed by atoms with van der Waals surface area (Å²) in [5, 5.41) is 0. The van der Waals surface area contributed by atoms with E-state index in [1.54, 1.807) is 0 Å². The van der Waals surface area contributed by atoms with Gasteiger partial charge in [-0.15, -0.1) is 0 Å². The van der Waals surface area contributed by atoms with E-state index in [-0.39, 0.29) is 18.3 Å². The van der Waals surface area contributed by atoms with E-state index in [2.05, 4.69) is 37.2 Å². The first-order chi connectivity index (χ1) is 9.30. The second-order valence-electron chi connectivity index (χ2n) is 6.86. The molecule has 0 saturated carbocycles. The molecule has 2 fully saturated rings. The highest BCUT2D eigenvalue weighted by atomic mass is 16.7. The van der Waals surface area contributed by atoms with Crippen molar-refractivity contribution in [1.82, 2.24) is 9.55 Å². The lowest BCUT2D eigenvalue weighted by Gasteiger charge is -2.32. The summed E-state index contributed by atoms with van der Waals surface area (Å²) in [7, 11) is 1.66. The van der Waals surface area contributed by atoms with Gasteiger partial charge >= 0.3 is 7.12 Å². The first kappa shape index (κ1) is 14.0. The van der Waals surface area contributed by atoms with Crippen molar-refractivity contribution in [2.75, 3.05) is 18.0 Å². The van der Waals surface area contributed by atoms with Crippen LogP contribution in [0.4, 0.5) is 5.95 Å². The van der Waals surface area contributed by atoms with Gasteiger partial charge in [-0.2, -0.15) is 0 Å². The summed E-state index contributed by atoms with van der Waals surface area (Å²) in [5.74, 6) is 1.02. The summed E-state index contributed by atoms with van der Waals surface area (Å²) in [6.45, 7) is 10.4. The van der Waals surface area contributed by atoms with Crippen LogP contribution in [0.5, 0.6) is 0 Å². The maximum atomic E-state index is 6.06. The number of anilines is 1. The van der Waals surface area contributed by atoms with Gasteiger partial charge in [0, 0.05) is 26.3 Å². The Morgan fingerprint density at radius 1 is 1.10 bits per heavy atom. The summed E-state index contributed by atoms with van der Waals surface area (Å²) in [6.07, 6.45) is 4.52. The van der Waals surface area contributed by atoms with Crippen molar-refractivity contribution in [3.63, 3.8) is 0 Å². The van der Waals surface area contributed by atoms with Gasteiger partial charge in [0.05, 0.1) is 16.8 Å². The van der Waals surface area contributed by atoms with Crippen LogP contribution in [0, 0.1) is 0 Å². The first-order valence-electron chi connectivity index (χ1n) is 7.44. The van der Waals surface area contributed by atoms with Crippen molar-refractivity contribution in [3.8, 4) is 0 Å². The Hall–Kier alpha value is -1.01. The number of hydrogen-bond donors (Lipinski definition) is 0. The van der Waals surface area contributed by atoms with Gasteiger partial charge in [-0.3, -0.25) is 0 Å². The molecule has 1 aromatic rings. The summed E-state index contributed by atoms with van der Waals surface area (Å²) >= 11 is 0. The fourth-order valence-corrected chi connectivity index (χ4v) is 2.77. The molecule has 0 spiro atoms. The van der Waals surface area contributed by atoms with Crippen LogP contribution in [0.1, 0.15) is 40.5 Å². The lowest BCUT2D eigenvalue weighted by molar-refractivity contribution is 0.00578. The van der Waals surface area contributed by atoms with E-state index < -0.39 is 0 Å². The normalized spacial score (nSPS) is 24.6. The van der Waals surface area contributed by atoms with Gasteiger partial charge in [0.1, 0.15) is 0 Å². The maximum Gasteiger partial charge on any atom is 0.516 e. The topological polar surface area (TPSA) is 39.5 Å². The Balaban J connectivity index is 1.84. The zero-order valence-corrected chi connectivity index (χ0v) is 13.1. The molecule has 20 heavy (non-hydrogen) atoms.